The zero-order chi connectivity index (χ0) is 12.8. The minimum Gasteiger partial charge on any atom is -0.323 e. The van der Waals surface area contributed by atoms with Crippen LogP contribution in [0.15, 0.2) is 18.2 Å². The van der Waals surface area contributed by atoms with Gasteiger partial charge in [0.25, 0.3) is 0 Å². The molecule has 1 aliphatic carbocycles. The molecular weight excluding hydrogens is 261 g/mol. The van der Waals surface area contributed by atoms with E-state index in [0.717, 1.165) is 29.4 Å². The average Bonchev–Trinajstić information content (AvgIpc) is 3.20. The Morgan fingerprint density at radius 1 is 1.37 bits per heavy atom. The Labute approximate surface area is 115 Å². The van der Waals surface area contributed by atoms with E-state index in [4.69, 9.17) is 0 Å². The van der Waals surface area contributed by atoms with Gasteiger partial charge in [-0.05, 0) is 25.0 Å². The molecule has 0 bridgehead atoms. The SMILES string of the molecule is Fc1cccc2c1nc(C1CSCCN1)n2C1CC1. The summed E-state index contributed by atoms with van der Waals surface area (Å²) in [5, 5.41) is 3.51. The van der Waals surface area contributed by atoms with Crippen LogP contribution >= 0.6 is 11.8 Å². The normalized spacial score (nSPS) is 23.9. The number of hydrogen-bond acceptors (Lipinski definition) is 3. The summed E-state index contributed by atoms with van der Waals surface area (Å²) in [5.41, 5.74) is 1.48. The van der Waals surface area contributed by atoms with Gasteiger partial charge in [-0.3, -0.25) is 0 Å². The molecule has 0 amide bonds. The summed E-state index contributed by atoms with van der Waals surface area (Å²) in [7, 11) is 0. The molecule has 0 radical (unpaired) electrons. The first-order valence-corrected chi connectivity index (χ1v) is 7.97. The number of rotatable bonds is 2. The fourth-order valence-corrected chi connectivity index (χ4v) is 3.73. The second-order valence-electron chi connectivity index (χ2n) is 5.26. The van der Waals surface area contributed by atoms with Crippen LogP contribution in [0.25, 0.3) is 11.0 Å². The van der Waals surface area contributed by atoms with Crippen molar-refractivity contribution in [3.63, 3.8) is 0 Å². The van der Waals surface area contributed by atoms with Crippen molar-refractivity contribution >= 4 is 22.8 Å². The Morgan fingerprint density at radius 3 is 3.00 bits per heavy atom. The lowest BCUT2D eigenvalue weighted by Crippen LogP contribution is -2.32. The lowest BCUT2D eigenvalue weighted by molar-refractivity contribution is 0.532. The van der Waals surface area contributed by atoms with Gasteiger partial charge in [-0.1, -0.05) is 6.07 Å². The van der Waals surface area contributed by atoms with E-state index in [1.54, 1.807) is 6.07 Å². The predicted molar refractivity (Wildman–Crippen MR) is 76.0 cm³/mol. The Balaban J connectivity index is 1.88. The lowest BCUT2D eigenvalue weighted by Gasteiger charge is -2.23. The maximum Gasteiger partial charge on any atom is 0.151 e. The molecule has 1 N–H and O–H groups in total. The number of aromatic nitrogens is 2. The van der Waals surface area contributed by atoms with E-state index in [1.807, 2.05) is 17.8 Å². The lowest BCUT2D eigenvalue weighted by atomic mass is 10.3. The number of benzene rings is 1. The number of thioether (sulfide) groups is 1. The van der Waals surface area contributed by atoms with Crippen molar-refractivity contribution in [3.05, 3.63) is 29.8 Å². The first-order chi connectivity index (χ1) is 9.34. The number of fused-ring (bicyclic) bond motifs is 1. The van der Waals surface area contributed by atoms with Gasteiger partial charge in [-0.2, -0.15) is 11.8 Å². The molecule has 1 saturated heterocycles. The van der Waals surface area contributed by atoms with Crippen molar-refractivity contribution in [2.24, 2.45) is 0 Å². The smallest absolute Gasteiger partial charge is 0.151 e. The fourth-order valence-electron chi connectivity index (χ4n) is 2.79. The van der Waals surface area contributed by atoms with Gasteiger partial charge in [0.1, 0.15) is 11.3 Å². The highest BCUT2D eigenvalue weighted by molar-refractivity contribution is 7.99. The van der Waals surface area contributed by atoms with Crippen LogP contribution in [-0.2, 0) is 0 Å². The second kappa shape index (κ2) is 4.49. The maximum atomic E-state index is 13.9. The summed E-state index contributed by atoms with van der Waals surface area (Å²) < 4.78 is 16.2. The van der Waals surface area contributed by atoms with Crippen molar-refractivity contribution in [1.29, 1.82) is 0 Å². The highest BCUT2D eigenvalue weighted by Crippen LogP contribution is 2.40. The van der Waals surface area contributed by atoms with E-state index in [-0.39, 0.29) is 11.9 Å². The predicted octanol–water partition coefficient (Wildman–Crippen LogP) is 2.89. The molecule has 2 heterocycles. The van der Waals surface area contributed by atoms with Gasteiger partial charge in [0.15, 0.2) is 5.82 Å². The molecule has 2 fully saturated rings. The minimum atomic E-state index is -0.207. The van der Waals surface area contributed by atoms with Crippen molar-refractivity contribution in [2.45, 2.75) is 24.9 Å². The number of nitrogens with zero attached hydrogens (tertiary/aromatic N) is 2. The molecule has 1 unspecified atom stereocenters. The number of nitrogens with one attached hydrogen (secondary N) is 1. The maximum absolute atomic E-state index is 13.9. The van der Waals surface area contributed by atoms with Crippen LogP contribution in [0, 0.1) is 5.82 Å². The molecular formula is C14H16FN3S. The second-order valence-corrected chi connectivity index (χ2v) is 6.41. The Hall–Kier alpha value is -1.07. The van der Waals surface area contributed by atoms with E-state index >= 15 is 0 Å². The molecule has 100 valence electrons. The molecule has 1 aromatic carbocycles. The van der Waals surface area contributed by atoms with Crippen molar-refractivity contribution in [1.82, 2.24) is 14.9 Å². The summed E-state index contributed by atoms with van der Waals surface area (Å²) in [6.07, 6.45) is 2.38. The molecule has 3 nitrogen and oxygen atoms in total. The zero-order valence-electron chi connectivity index (χ0n) is 10.6. The van der Waals surface area contributed by atoms with E-state index in [2.05, 4.69) is 14.9 Å². The van der Waals surface area contributed by atoms with Crippen LogP contribution < -0.4 is 5.32 Å². The standard InChI is InChI=1S/C14H16FN3S/c15-10-2-1-3-12-13(10)17-14(18(12)9-4-5-9)11-8-19-7-6-16-11/h1-3,9,11,16H,4-8H2. The summed E-state index contributed by atoms with van der Waals surface area (Å²) in [5.74, 6) is 2.99. The van der Waals surface area contributed by atoms with E-state index in [1.165, 1.54) is 18.9 Å². The Morgan fingerprint density at radius 2 is 2.26 bits per heavy atom. The van der Waals surface area contributed by atoms with Gasteiger partial charge >= 0.3 is 0 Å². The zero-order valence-corrected chi connectivity index (χ0v) is 11.4. The molecule has 2 aromatic rings. The molecule has 2 aliphatic rings. The van der Waals surface area contributed by atoms with Gasteiger partial charge < -0.3 is 9.88 Å². The number of para-hydroxylation sites is 1. The number of halogens is 1. The highest BCUT2D eigenvalue weighted by atomic mass is 32.2. The van der Waals surface area contributed by atoms with Crippen molar-refractivity contribution in [2.75, 3.05) is 18.1 Å². The van der Waals surface area contributed by atoms with Gasteiger partial charge in [0.05, 0.1) is 11.6 Å². The third-order valence-corrected chi connectivity index (χ3v) is 4.91. The van der Waals surface area contributed by atoms with E-state index in [9.17, 15) is 4.39 Å². The Bertz CT molecular complexity index is 614. The largest absolute Gasteiger partial charge is 0.323 e. The topological polar surface area (TPSA) is 29.9 Å². The van der Waals surface area contributed by atoms with Crippen LogP contribution in [0.2, 0.25) is 0 Å². The van der Waals surface area contributed by atoms with Gasteiger partial charge in [-0.25, -0.2) is 9.37 Å². The third kappa shape index (κ3) is 1.96. The third-order valence-electron chi connectivity index (χ3n) is 3.84. The minimum absolute atomic E-state index is 0.207. The number of hydrogen-bond donors (Lipinski definition) is 1. The van der Waals surface area contributed by atoms with Crippen LogP contribution in [0.5, 0.6) is 0 Å². The molecule has 0 spiro atoms. The summed E-state index contributed by atoms with van der Waals surface area (Å²) in [4.78, 5) is 4.61. The fraction of sp³-hybridized carbons (Fsp3) is 0.500. The quantitative estimate of drug-likeness (QED) is 0.915. The van der Waals surface area contributed by atoms with Crippen molar-refractivity contribution < 1.29 is 4.39 Å². The molecule has 5 heteroatoms. The Kier molecular flexibility index (Phi) is 2.77. The monoisotopic (exact) mass is 277 g/mol. The van der Waals surface area contributed by atoms with Crippen LogP contribution in [-0.4, -0.2) is 27.6 Å². The average molecular weight is 277 g/mol. The van der Waals surface area contributed by atoms with Gasteiger partial charge in [-0.15, -0.1) is 0 Å². The van der Waals surface area contributed by atoms with E-state index < -0.39 is 0 Å². The summed E-state index contributed by atoms with van der Waals surface area (Å²) in [6, 6.07) is 6.05. The molecule has 1 aromatic heterocycles. The molecule has 4 rings (SSSR count). The van der Waals surface area contributed by atoms with Crippen LogP contribution in [0.4, 0.5) is 4.39 Å². The highest BCUT2D eigenvalue weighted by Gasteiger charge is 2.32. The van der Waals surface area contributed by atoms with Crippen LogP contribution in [0.3, 0.4) is 0 Å². The van der Waals surface area contributed by atoms with Gasteiger partial charge in [0, 0.05) is 24.1 Å². The van der Waals surface area contributed by atoms with Gasteiger partial charge in [0.2, 0.25) is 0 Å². The first kappa shape index (κ1) is 11.7. The molecule has 19 heavy (non-hydrogen) atoms. The first-order valence-electron chi connectivity index (χ1n) is 6.82. The molecule has 1 atom stereocenters. The summed E-state index contributed by atoms with van der Waals surface area (Å²) in [6.45, 7) is 1.01. The number of imidazole rings is 1. The molecule has 1 aliphatic heterocycles. The van der Waals surface area contributed by atoms with Crippen molar-refractivity contribution in [3.8, 4) is 0 Å². The van der Waals surface area contributed by atoms with Crippen LogP contribution in [0.1, 0.15) is 30.7 Å². The molecule has 1 saturated carbocycles. The summed E-state index contributed by atoms with van der Waals surface area (Å²) >= 11 is 1.94. The van der Waals surface area contributed by atoms with E-state index in [0.29, 0.717) is 11.6 Å².